The van der Waals surface area contributed by atoms with Crippen LogP contribution in [-0.2, 0) is 6.42 Å². The SMILES string of the molecule is O=C(NCCCc1ncc[nH]1)c1ccncc1Cl. The molecule has 0 saturated heterocycles. The minimum Gasteiger partial charge on any atom is -0.352 e. The van der Waals surface area contributed by atoms with Gasteiger partial charge in [-0.1, -0.05) is 11.6 Å². The van der Waals surface area contributed by atoms with Crippen molar-refractivity contribution in [3.05, 3.63) is 47.3 Å². The number of hydrogen-bond acceptors (Lipinski definition) is 3. The van der Waals surface area contributed by atoms with Crippen LogP contribution in [0, 0.1) is 0 Å². The van der Waals surface area contributed by atoms with E-state index in [4.69, 9.17) is 11.6 Å². The largest absolute Gasteiger partial charge is 0.352 e. The fourth-order valence-corrected chi connectivity index (χ4v) is 1.75. The van der Waals surface area contributed by atoms with Crippen molar-refractivity contribution in [2.45, 2.75) is 12.8 Å². The molecule has 0 bridgehead atoms. The topological polar surface area (TPSA) is 70.7 Å². The molecule has 1 amide bonds. The predicted molar refractivity (Wildman–Crippen MR) is 68.5 cm³/mol. The molecule has 2 aromatic rings. The fourth-order valence-electron chi connectivity index (χ4n) is 1.55. The summed E-state index contributed by atoms with van der Waals surface area (Å²) in [6.07, 6.45) is 8.12. The first-order valence-corrected chi connectivity index (χ1v) is 6.01. The second-order valence-corrected chi connectivity index (χ2v) is 4.16. The predicted octanol–water partition coefficient (Wildman–Crippen LogP) is 1.82. The molecule has 18 heavy (non-hydrogen) atoms. The van der Waals surface area contributed by atoms with Gasteiger partial charge in [-0.25, -0.2) is 4.98 Å². The maximum absolute atomic E-state index is 11.8. The van der Waals surface area contributed by atoms with E-state index in [2.05, 4.69) is 20.3 Å². The first kappa shape index (κ1) is 12.6. The summed E-state index contributed by atoms with van der Waals surface area (Å²) < 4.78 is 0. The normalized spacial score (nSPS) is 10.3. The number of carbonyl (C=O) groups is 1. The van der Waals surface area contributed by atoms with Crippen LogP contribution in [0.4, 0.5) is 0 Å². The Bertz CT molecular complexity index is 513. The summed E-state index contributed by atoms with van der Waals surface area (Å²) in [7, 11) is 0. The number of nitrogens with zero attached hydrogens (tertiary/aromatic N) is 2. The lowest BCUT2D eigenvalue weighted by molar-refractivity contribution is 0.0953. The Hall–Kier alpha value is -1.88. The van der Waals surface area contributed by atoms with E-state index in [1.807, 2.05) is 0 Å². The Balaban J connectivity index is 1.77. The molecule has 94 valence electrons. The van der Waals surface area contributed by atoms with Crippen molar-refractivity contribution >= 4 is 17.5 Å². The molecule has 0 spiro atoms. The number of halogens is 1. The quantitative estimate of drug-likeness (QED) is 0.810. The number of imidazole rings is 1. The Morgan fingerprint density at radius 3 is 3.06 bits per heavy atom. The average Bonchev–Trinajstić information content (AvgIpc) is 2.88. The van der Waals surface area contributed by atoms with Gasteiger partial charge >= 0.3 is 0 Å². The molecule has 5 nitrogen and oxygen atoms in total. The molecule has 0 atom stereocenters. The number of rotatable bonds is 5. The Labute approximate surface area is 110 Å². The first-order chi connectivity index (χ1) is 8.77. The number of carbonyl (C=O) groups excluding carboxylic acids is 1. The Kier molecular flexibility index (Phi) is 4.30. The van der Waals surface area contributed by atoms with Crippen molar-refractivity contribution in [2.24, 2.45) is 0 Å². The fraction of sp³-hybridized carbons (Fsp3) is 0.250. The van der Waals surface area contributed by atoms with Crippen molar-refractivity contribution < 1.29 is 4.79 Å². The van der Waals surface area contributed by atoms with E-state index in [1.54, 1.807) is 24.7 Å². The maximum atomic E-state index is 11.8. The highest BCUT2D eigenvalue weighted by Gasteiger charge is 2.08. The molecule has 2 heterocycles. The summed E-state index contributed by atoms with van der Waals surface area (Å²) >= 11 is 5.87. The van der Waals surface area contributed by atoms with Crippen molar-refractivity contribution in [2.75, 3.05) is 6.54 Å². The molecule has 6 heteroatoms. The van der Waals surface area contributed by atoms with Crippen LogP contribution in [-0.4, -0.2) is 27.4 Å². The zero-order valence-electron chi connectivity index (χ0n) is 9.69. The first-order valence-electron chi connectivity index (χ1n) is 5.63. The van der Waals surface area contributed by atoms with Crippen LogP contribution in [0.3, 0.4) is 0 Å². The molecule has 2 N–H and O–H groups in total. The van der Waals surface area contributed by atoms with Gasteiger partial charge in [0.1, 0.15) is 5.82 Å². The third-order valence-corrected chi connectivity index (χ3v) is 2.75. The van der Waals surface area contributed by atoms with Gasteiger partial charge in [0.05, 0.1) is 10.6 Å². The molecule has 0 aliphatic carbocycles. The zero-order chi connectivity index (χ0) is 12.8. The van der Waals surface area contributed by atoms with Gasteiger partial charge in [0.25, 0.3) is 5.91 Å². The number of aryl methyl sites for hydroxylation is 1. The van der Waals surface area contributed by atoms with E-state index in [-0.39, 0.29) is 5.91 Å². The lowest BCUT2D eigenvalue weighted by Gasteiger charge is -2.05. The Morgan fingerprint density at radius 1 is 1.44 bits per heavy atom. The van der Waals surface area contributed by atoms with Crippen LogP contribution >= 0.6 is 11.6 Å². The molecule has 0 fully saturated rings. The van der Waals surface area contributed by atoms with Crippen molar-refractivity contribution in [3.63, 3.8) is 0 Å². The molecule has 0 aromatic carbocycles. The van der Waals surface area contributed by atoms with Crippen LogP contribution in [0.2, 0.25) is 5.02 Å². The monoisotopic (exact) mass is 264 g/mol. The van der Waals surface area contributed by atoms with Crippen LogP contribution in [0.1, 0.15) is 22.6 Å². The Morgan fingerprint density at radius 2 is 2.33 bits per heavy atom. The molecule has 2 rings (SSSR count). The number of aromatic amines is 1. The van der Waals surface area contributed by atoms with Gasteiger partial charge < -0.3 is 10.3 Å². The summed E-state index contributed by atoms with van der Waals surface area (Å²) in [4.78, 5) is 22.7. The number of pyridine rings is 1. The van der Waals surface area contributed by atoms with Crippen LogP contribution in [0.15, 0.2) is 30.9 Å². The second-order valence-electron chi connectivity index (χ2n) is 3.75. The van der Waals surface area contributed by atoms with Gasteiger partial charge in [0.2, 0.25) is 0 Å². The smallest absolute Gasteiger partial charge is 0.252 e. The molecule has 0 unspecified atom stereocenters. The standard InChI is InChI=1S/C12H13ClN4O/c13-10-8-14-5-3-9(10)12(18)17-4-1-2-11-15-6-7-16-11/h3,5-8H,1-2,4H2,(H,15,16)(H,17,18). The third-order valence-electron chi connectivity index (χ3n) is 2.45. The maximum Gasteiger partial charge on any atom is 0.252 e. The second kappa shape index (κ2) is 6.16. The number of H-pyrrole nitrogens is 1. The third kappa shape index (κ3) is 3.30. The van der Waals surface area contributed by atoms with Gasteiger partial charge in [-0.2, -0.15) is 0 Å². The molecule has 0 aliphatic rings. The summed E-state index contributed by atoms with van der Waals surface area (Å²) in [6.45, 7) is 0.582. The zero-order valence-corrected chi connectivity index (χ0v) is 10.4. The minimum atomic E-state index is -0.179. The highest BCUT2D eigenvalue weighted by molar-refractivity contribution is 6.33. The van der Waals surface area contributed by atoms with Crippen molar-refractivity contribution in [3.8, 4) is 0 Å². The van der Waals surface area contributed by atoms with E-state index >= 15 is 0 Å². The number of hydrogen-bond donors (Lipinski definition) is 2. The highest BCUT2D eigenvalue weighted by Crippen LogP contribution is 2.12. The molecule has 0 radical (unpaired) electrons. The number of aromatic nitrogens is 3. The highest BCUT2D eigenvalue weighted by atomic mass is 35.5. The molecule has 2 aromatic heterocycles. The molecule has 0 saturated carbocycles. The molecular formula is C12H13ClN4O. The van der Waals surface area contributed by atoms with Crippen LogP contribution < -0.4 is 5.32 Å². The van der Waals surface area contributed by atoms with Gasteiger partial charge in [-0.15, -0.1) is 0 Å². The summed E-state index contributed by atoms with van der Waals surface area (Å²) in [5.41, 5.74) is 0.449. The number of nitrogens with one attached hydrogen (secondary N) is 2. The van der Waals surface area contributed by atoms with E-state index in [1.165, 1.54) is 6.20 Å². The summed E-state index contributed by atoms with van der Waals surface area (Å²) in [5, 5.41) is 3.17. The lowest BCUT2D eigenvalue weighted by atomic mass is 10.2. The lowest BCUT2D eigenvalue weighted by Crippen LogP contribution is -2.25. The molecular weight excluding hydrogens is 252 g/mol. The average molecular weight is 265 g/mol. The summed E-state index contributed by atoms with van der Waals surface area (Å²) in [6, 6.07) is 1.60. The van der Waals surface area contributed by atoms with E-state index in [0.29, 0.717) is 17.1 Å². The van der Waals surface area contributed by atoms with Crippen LogP contribution in [0.5, 0.6) is 0 Å². The van der Waals surface area contributed by atoms with Gasteiger partial charge in [0.15, 0.2) is 0 Å². The van der Waals surface area contributed by atoms with E-state index in [0.717, 1.165) is 18.7 Å². The van der Waals surface area contributed by atoms with Gasteiger partial charge in [-0.3, -0.25) is 9.78 Å². The van der Waals surface area contributed by atoms with Crippen LogP contribution in [0.25, 0.3) is 0 Å². The van der Waals surface area contributed by atoms with Gasteiger partial charge in [-0.05, 0) is 12.5 Å². The number of amides is 1. The summed E-state index contributed by atoms with van der Waals surface area (Å²) in [5.74, 6) is 0.744. The van der Waals surface area contributed by atoms with E-state index in [9.17, 15) is 4.79 Å². The van der Waals surface area contributed by atoms with Gasteiger partial charge in [0, 0.05) is 37.8 Å². The van der Waals surface area contributed by atoms with E-state index < -0.39 is 0 Å². The molecule has 0 aliphatic heterocycles. The minimum absolute atomic E-state index is 0.179. The van der Waals surface area contributed by atoms with Crippen molar-refractivity contribution in [1.82, 2.24) is 20.3 Å². The van der Waals surface area contributed by atoms with Crippen molar-refractivity contribution in [1.29, 1.82) is 0 Å².